The molecule has 0 saturated heterocycles. The summed E-state index contributed by atoms with van der Waals surface area (Å²) in [6, 6.07) is 3.45. The smallest absolute Gasteiger partial charge is 0.263 e. The van der Waals surface area contributed by atoms with Crippen molar-refractivity contribution in [1.29, 1.82) is 0 Å². The van der Waals surface area contributed by atoms with Gasteiger partial charge in [-0.25, -0.2) is 26.6 Å². The molecule has 0 fully saturated rings. The summed E-state index contributed by atoms with van der Waals surface area (Å²) in [7, 11) is -4.10. The van der Waals surface area contributed by atoms with Crippen LogP contribution in [0.5, 0.6) is 0 Å². The molecule has 0 amide bonds. The molecule has 20 heavy (non-hydrogen) atoms. The normalized spacial score (nSPS) is 11.4. The minimum Gasteiger partial charge on any atom is -0.279 e. The molecule has 0 aliphatic heterocycles. The number of nitrogens with zero attached hydrogens (tertiary/aromatic N) is 1. The highest BCUT2D eigenvalue weighted by Gasteiger charge is 2.17. The van der Waals surface area contributed by atoms with Gasteiger partial charge in [0.15, 0.2) is 17.5 Å². The van der Waals surface area contributed by atoms with Crippen molar-refractivity contribution in [2.24, 2.45) is 0 Å². The first-order valence-electron chi connectivity index (χ1n) is 5.08. The topological polar surface area (TPSA) is 59.1 Å². The Kier molecular flexibility index (Phi) is 3.87. The fourth-order valence-corrected chi connectivity index (χ4v) is 2.45. The molecule has 2 aromatic rings. The molecule has 1 aromatic carbocycles. The lowest BCUT2D eigenvalue weighted by Crippen LogP contribution is -2.13. The minimum absolute atomic E-state index is 0.0859. The monoisotopic (exact) mass is 322 g/mol. The lowest BCUT2D eigenvalue weighted by molar-refractivity contribution is 0.448. The molecule has 1 aromatic heterocycles. The minimum atomic E-state index is -4.10. The molecule has 0 unspecified atom stereocenters. The molecule has 0 saturated carbocycles. The molecule has 0 bridgehead atoms. The highest BCUT2D eigenvalue weighted by Crippen LogP contribution is 2.21. The molecule has 1 N–H and O–H groups in total. The van der Waals surface area contributed by atoms with Crippen LogP contribution in [-0.2, 0) is 10.0 Å². The van der Waals surface area contributed by atoms with Crippen molar-refractivity contribution < 1.29 is 21.6 Å². The van der Waals surface area contributed by atoms with Gasteiger partial charge in [-0.3, -0.25) is 4.72 Å². The van der Waals surface area contributed by atoms with Crippen molar-refractivity contribution in [1.82, 2.24) is 4.98 Å². The number of pyridine rings is 1. The third-order valence-electron chi connectivity index (χ3n) is 2.25. The summed E-state index contributed by atoms with van der Waals surface area (Å²) in [6.45, 7) is 0. The predicted molar refractivity (Wildman–Crippen MR) is 66.4 cm³/mol. The van der Waals surface area contributed by atoms with E-state index >= 15 is 0 Å². The maximum Gasteiger partial charge on any atom is 0.263 e. The van der Waals surface area contributed by atoms with E-state index in [2.05, 4.69) is 4.98 Å². The number of rotatable bonds is 3. The fourth-order valence-electron chi connectivity index (χ4n) is 1.35. The van der Waals surface area contributed by atoms with E-state index < -0.39 is 33.2 Å². The Hall–Kier alpha value is -1.80. The van der Waals surface area contributed by atoms with Gasteiger partial charge in [0.2, 0.25) is 0 Å². The molecular weight excluding hydrogens is 317 g/mol. The van der Waals surface area contributed by atoms with Crippen LogP contribution in [0.15, 0.2) is 35.4 Å². The number of hydrogen-bond acceptors (Lipinski definition) is 3. The van der Waals surface area contributed by atoms with Crippen LogP contribution in [0.2, 0.25) is 5.15 Å². The number of benzene rings is 1. The summed E-state index contributed by atoms with van der Waals surface area (Å²) >= 11 is 5.51. The Bertz CT molecular complexity index is 728. The van der Waals surface area contributed by atoms with Gasteiger partial charge in [0.05, 0.1) is 5.69 Å². The van der Waals surface area contributed by atoms with Crippen LogP contribution in [0.3, 0.4) is 0 Å². The van der Waals surface area contributed by atoms with Gasteiger partial charge in [-0.05, 0) is 12.1 Å². The Balaban J connectivity index is 2.36. The van der Waals surface area contributed by atoms with Crippen molar-refractivity contribution in [3.05, 3.63) is 53.1 Å². The average Bonchev–Trinajstić information content (AvgIpc) is 2.36. The van der Waals surface area contributed by atoms with Crippen molar-refractivity contribution in [2.45, 2.75) is 4.90 Å². The van der Waals surface area contributed by atoms with Crippen molar-refractivity contribution in [3.8, 4) is 0 Å². The third-order valence-corrected chi connectivity index (χ3v) is 3.84. The maximum absolute atomic E-state index is 13.0. The van der Waals surface area contributed by atoms with E-state index in [0.29, 0.717) is 12.1 Å². The molecule has 0 aliphatic carbocycles. The zero-order valence-electron chi connectivity index (χ0n) is 9.57. The number of anilines is 1. The molecule has 2 rings (SSSR count). The van der Waals surface area contributed by atoms with E-state index in [1.807, 2.05) is 4.72 Å². The number of sulfonamides is 1. The Morgan fingerprint density at radius 3 is 2.20 bits per heavy atom. The van der Waals surface area contributed by atoms with E-state index in [4.69, 9.17) is 11.6 Å². The molecule has 0 aliphatic rings. The van der Waals surface area contributed by atoms with Gasteiger partial charge in [0.25, 0.3) is 10.0 Å². The Labute approximate surface area is 117 Å². The molecule has 0 radical (unpaired) electrons. The molecular formula is C11H6ClF3N2O2S. The molecule has 0 spiro atoms. The van der Waals surface area contributed by atoms with Gasteiger partial charge >= 0.3 is 0 Å². The van der Waals surface area contributed by atoms with Crippen LogP contribution in [-0.4, -0.2) is 13.4 Å². The first-order valence-corrected chi connectivity index (χ1v) is 6.94. The van der Waals surface area contributed by atoms with Crippen molar-refractivity contribution >= 4 is 27.3 Å². The van der Waals surface area contributed by atoms with Crippen LogP contribution < -0.4 is 4.72 Å². The first kappa shape index (κ1) is 14.6. The number of halogens is 4. The molecule has 9 heteroatoms. The molecule has 4 nitrogen and oxygen atoms in total. The van der Waals surface area contributed by atoms with E-state index in [-0.39, 0.29) is 10.0 Å². The van der Waals surface area contributed by atoms with Gasteiger partial charge < -0.3 is 0 Å². The Morgan fingerprint density at radius 2 is 1.70 bits per heavy atom. The van der Waals surface area contributed by atoms with Crippen molar-refractivity contribution in [3.63, 3.8) is 0 Å². The second kappa shape index (κ2) is 5.29. The summed E-state index contributed by atoms with van der Waals surface area (Å²) < 4.78 is 64.4. The van der Waals surface area contributed by atoms with Gasteiger partial charge in [-0.1, -0.05) is 11.6 Å². The first-order chi connectivity index (χ1) is 9.29. The summed E-state index contributed by atoms with van der Waals surface area (Å²) in [5, 5.41) is 0.0859. The van der Waals surface area contributed by atoms with E-state index in [1.165, 1.54) is 6.07 Å². The summed E-state index contributed by atoms with van der Waals surface area (Å²) in [6.07, 6.45) is 0.973. The van der Waals surface area contributed by atoms with Gasteiger partial charge in [0, 0.05) is 18.3 Å². The second-order valence-corrected chi connectivity index (χ2v) is 5.75. The van der Waals surface area contributed by atoms with Crippen LogP contribution in [0.4, 0.5) is 18.9 Å². The van der Waals surface area contributed by atoms with Gasteiger partial charge in [0.1, 0.15) is 10.0 Å². The number of aromatic nitrogens is 1. The number of nitrogens with one attached hydrogen (secondary N) is 1. The largest absolute Gasteiger partial charge is 0.279 e. The van der Waals surface area contributed by atoms with E-state index in [9.17, 15) is 21.6 Å². The summed E-state index contributed by atoms with van der Waals surface area (Å²) in [4.78, 5) is 3.32. The fraction of sp³-hybridized carbons (Fsp3) is 0. The van der Waals surface area contributed by atoms with E-state index in [0.717, 1.165) is 12.3 Å². The van der Waals surface area contributed by atoms with E-state index in [1.54, 1.807) is 0 Å². The molecule has 1 heterocycles. The molecule has 0 atom stereocenters. The van der Waals surface area contributed by atoms with Crippen LogP contribution >= 0.6 is 11.6 Å². The predicted octanol–water partition coefficient (Wildman–Crippen LogP) is 2.95. The summed E-state index contributed by atoms with van der Waals surface area (Å²) in [5.74, 6) is -4.69. The lowest BCUT2D eigenvalue weighted by Gasteiger charge is -2.08. The van der Waals surface area contributed by atoms with Gasteiger partial charge in [-0.2, -0.15) is 0 Å². The maximum atomic E-state index is 13.0. The van der Waals surface area contributed by atoms with Gasteiger partial charge in [-0.15, -0.1) is 0 Å². The lowest BCUT2D eigenvalue weighted by atomic mass is 10.3. The van der Waals surface area contributed by atoms with Crippen LogP contribution in [0.1, 0.15) is 0 Å². The zero-order chi connectivity index (χ0) is 14.9. The van der Waals surface area contributed by atoms with Crippen LogP contribution in [0, 0.1) is 17.5 Å². The third kappa shape index (κ3) is 3.02. The number of hydrogen-bond donors (Lipinski definition) is 1. The average molecular weight is 323 g/mol. The highest BCUT2D eigenvalue weighted by atomic mass is 35.5. The highest BCUT2D eigenvalue weighted by molar-refractivity contribution is 7.92. The molecule has 106 valence electrons. The quantitative estimate of drug-likeness (QED) is 0.698. The standard InChI is InChI=1S/C11H6ClF3N2O2S/c12-10-2-1-7(5-16-10)20(18,19)17-6-3-8(13)11(15)9(14)4-6/h1-5,17H. The Morgan fingerprint density at radius 1 is 1.10 bits per heavy atom. The SMILES string of the molecule is O=S(=O)(Nc1cc(F)c(F)c(F)c1)c1ccc(Cl)nc1. The summed E-state index contributed by atoms with van der Waals surface area (Å²) in [5.41, 5.74) is -0.448. The van der Waals surface area contributed by atoms with Crippen LogP contribution in [0.25, 0.3) is 0 Å². The van der Waals surface area contributed by atoms with Crippen molar-refractivity contribution in [2.75, 3.05) is 4.72 Å². The second-order valence-electron chi connectivity index (χ2n) is 3.68. The zero-order valence-corrected chi connectivity index (χ0v) is 11.1.